The molecule has 1 aliphatic carbocycles. The molecule has 6 atom stereocenters. The van der Waals surface area contributed by atoms with E-state index >= 15 is 0 Å². The van der Waals surface area contributed by atoms with Crippen LogP contribution in [0.4, 0.5) is 48.5 Å². The Labute approximate surface area is 721 Å². The van der Waals surface area contributed by atoms with E-state index < -0.39 is 90.3 Å². The van der Waals surface area contributed by atoms with E-state index in [-0.39, 0.29) is 86.0 Å². The molecular weight excluding hydrogens is 2130 g/mol. The maximum absolute atomic E-state index is 13.4. The van der Waals surface area contributed by atoms with Gasteiger partial charge in [-0.15, -0.1) is 24.0 Å². The summed E-state index contributed by atoms with van der Waals surface area (Å²) in [6.07, 6.45) is 1.39. The number of carbonyl (C=O) groups excluding carboxylic acids is 9. The van der Waals surface area contributed by atoms with Crippen molar-refractivity contribution in [1.82, 2.24) is 0 Å². The van der Waals surface area contributed by atoms with E-state index in [0.717, 1.165) is 51.2 Å². The van der Waals surface area contributed by atoms with Crippen LogP contribution in [0.1, 0.15) is 94.7 Å². The van der Waals surface area contributed by atoms with Crippen molar-refractivity contribution >= 4 is 198 Å². The molecule has 610 valence electrons. The molecule has 28 nitrogen and oxygen atoms in total. The fourth-order valence-electron chi connectivity index (χ4n) is 10.1. The summed E-state index contributed by atoms with van der Waals surface area (Å²) >= 11 is 9.54. The van der Waals surface area contributed by atoms with E-state index in [4.69, 9.17) is 42.6 Å². The summed E-state index contributed by atoms with van der Waals surface area (Å²) in [7, 11) is 4.27. The molecule has 1 aliphatic rings. The van der Waals surface area contributed by atoms with Crippen molar-refractivity contribution in [3.05, 3.63) is 203 Å². The van der Waals surface area contributed by atoms with Crippen molar-refractivity contribution in [3.8, 4) is 0 Å². The molecule has 6 amide bonds. The Morgan fingerprint density at radius 1 is 0.455 bits per heavy atom. The Hall–Kier alpha value is -7.37. The zero-order chi connectivity index (χ0) is 82.6. The quantitative estimate of drug-likeness (QED) is 0.00485. The summed E-state index contributed by atoms with van der Waals surface area (Å²) in [5, 5.41) is 34.9. The van der Waals surface area contributed by atoms with Crippen molar-refractivity contribution in [3.63, 3.8) is 0 Å². The Bertz CT molecular complexity index is 4030. The third-order valence-corrected chi connectivity index (χ3v) is 15.6. The van der Waals surface area contributed by atoms with Crippen LogP contribution in [-0.4, -0.2) is 149 Å². The molecule has 0 aromatic heterocycles. The first-order valence-electron chi connectivity index (χ1n) is 33.8. The van der Waals surface area contributed by atoms with E-state index in [1.165, 1.54) is 55.8 Å². The Balaban J connectivity index is 0.000000587. The van der Waals surface area contributed by atoms with E-state index in [1.807, 2.05) is 121 Å². The van der Waals surface area contributed by atoms with Crippen LogP contribution in [0.25, 0.3) is 0 Å². The van der Waals surface area contributed by atoms with Gasteiger partial charge in [0.15, 0.2) is 6.61 Å². The number of ether oxygens (including phenoxy) is 9. The topological polar surface area (TPSA) is 383 Å². The SMILES string of the molecule is C=C(C)C(=O)OCC(OC(=O)C1CC=CCC1C(=O)O)OC(=O)C(C)(COC)COC(=O)Nc1ccc(Cc2ccc(NC(C)=O)cc2)cc1.COCC(C)(COC(=O)Nc1ccc(Cc2ccc(NC(C)=O)cc2)cc1)C(=O)O.COCC(C)OC(=O)Nc1ccc(Cc2ccc(NC(C)=O)cc2)cc1.I.II.I[I-]I. The average Bonchev–Trinajstić information content (AvgIpc) is 0.832. The molecule has 0 bridgehead atoms. The number of hydrogen-bond donors (Lipinski definition) is 8. The zero-order valence-electron chi connectivity index (χ0n) is 63.2. The summed E-state index contributed by atoms with van der Waals surface area (Å²) in [4.78, 5) is 131. The minimum absolute atomic E-state index is 0. The van der Waals surface area contributed by atoms with Gasteiger partial charge in [-0.1, -0.05) is 91.5 Å². The summed E-state index contributed by atoms with van der Waals surface area (Å²) in [6, 6.07) is 44.6. The summed E-state index contributed by atoms with van der Waals surface area (Å²) in [5.41, 5.74) is 7.33. The van der Waals surface area contributed by atoms with Crippen molar-refractivity contribution in [2.45, 2.75) is 93.0 Å². The van der Waals surface area contributed by atoms with Gasteiger partial charge < -0.3 is 68.8 Å². The number of halogens is 6. The molecule has 0 saturated carbocycles. The third kappa shape index (κ3) is 39.6. The number of allylic oxidation sites excluding steroid dienone is 2. The van der Waals surface area contributed by atoms with Crippen LogP contribution >= 0.6 is 98.4 Å². The van der Waals surface area contributed by atoms with Gasteiger partial charge in [0, 0.05) is 119 Å². The van der Waals surface area contributed by atoms with Crippen LogP contribution in [-0.2, 0) is 100 Å². The van der Waals surface area contributed by atoms with Gasteiger partial charge in [-0.2, -0.15) is 0 Å². The minimum atomic E-state index is -1.75. The number of anilines is 6. The van der Waals surface area contributed by atoms with Crippen molar-refractivity contribution in [2.75, 3.05) is 92.9 Å². The molecule has 112 heavy (non-hydrogen) atoms. The fraction of sp³-hybridized carbons (Fsp3) is 0.346. The molecule has 8 N–H and O–H groups in total. The van der Waals surface area contributed by atoms with Crippen LogP contribution < -0.4 is 45.2 Å². The van der Waals surface area contributed by atoms with E-state index in [0.29, 0.717) is 55.5 Å². The third-order valence-electron chi connectivity index (χ3n) is 15.6. The zero-order valence-corrected chi connectivity index (χ0v) is 76.3. The molecule has 6 unspecified atom stereocenters. The van der Waals surface area contributed by atoms with E-state index in [1.54, 1.807) is 50.5 Å². The number of nitrogens with one attached hydrogen (secondary N) is 6. The fourth-order valence-corrected chi connectivity index (χ4v) is 10.1. The van der Waals surface area contributed by atoms with Crippen molar-refractivity contribution in [2.24, 2.45) is 22.7 Å². The Kier molecular flexibility index (Phi) is 48.9. The normalized spacial score (nSPS) is 13.8. The monoisotopic (exact) mass is 2230 g/mol. The number of aliphatic carboxylic acids is 2. The van der Waals surface area contributed by atoms with Crippen molar-refractivity contribution in [1.29, 1.82) is 0 Å². The number of carboxylic acid groups (broad SMARTS) is 2. The van der Waals surface area contributed by atoms with Gasteiger partial charge in [0.05, 0.1) is 31.7 Å². The first kappa shape index (κ1) is 101. The second-order valence-electron chi connectivity index (χ2n) is 25.4. The van der Waals surface area contributed by atoms with Gasteiger partial charge in [-0.3, -0.25) is 49.5 Å². The number of benzene rings is 6. The second kappa shape index (κ2) is 54.4. The molecule has 0 aliphatic heterocycles. The Morgan fingerprint density at radius 3 is 1.07 bits per heavy atom. The molecular formula is C78H93I6N6O22-. The molecule has 0 spiro atoms. The standard InChI is InChI=1S/C36H42N2O12.C22H26N2O6.C20H24N2O4.I3.I2.HI/c1-22(2)32(42)47-19-30(49-33(43)29-9-7-6-8-28(29)31(40)41)50-34(44)36(4,20-46-5)21-48-35(45)38-27-16-12-25(13-17-27)18-24-10-14-26(15-11-24)37-23(3)39;1-15(25)23-18-8-4-16(5-9-18)12-17-6-10-19(11-7-17)24-21(28)30-14-22(2,13-29-3)20(26)27;1-14(13-25-3)26-20(24)22-19-10-6-17(7-11-19)12-16-4-8-18(9-5-16)21-15(2)23;1-3-2;1-2;/h6-7,10-17,28-30H,1,8-9,18-21H2,2-5H3,(H,37,39)(H,38,45)(H,40,41);4-11H,12-14H2,1-3H3,(H,23,25)(H,24,28)(H,26,27);4-11,14H,12-13H2,1-3H3,(H,21,23)(H,22,24);;;1H/q;;;-1;;. The predicted octanol–water partition coefficient (Wildman–Crippen LogP) is 13.1. The van der Waals surface area contributed by atoms with Gasteiger partial charge in [0.25, 0.3) is 6.29 Å². The number of rotatable bonds is 32. The van der Waals surface area contributed by atoms with Crippen molar-refractivity contribution < 1.29 is 119 Å². The molecule has 0 saturated heterocycles. The number of amides is 6. The molecule has 0 fully saturated rings. The maximum atomic E-state index is 13.4. The average molecular weight is 2230 g/mol. The van der Waals surface area contributed by atoms with Gasteiger partial charge in [-0.25, -0.2) is 19.2 Å². The number of carbonyl (C=O) groups is 11. The summed E-state index contributed by atoms with van der Waals surface area (Å²) in [5.74, 6) is -7.58. The van der Waals surface area contributed by atoms with Crippen LogP contribution in [0.2, 0.25) is 0 Å². The van der Waals surface area contributed by atoms with Crippen LogP contribution in [0.3, 0.4) is 0 Å². The number of methoxy groups -OCH3 is 3. The predicted molar refractivity (Wildman–Crippen MR) is 465 cm³/mol. The molecule has 0 radical (unpaired) electrons. The second-order valence-corrected chi connectivity index (χ2v) is 41.7. The van der Waals surface area contributed by atoms with Gasteiger partial charge in [0.2, 0.25) is 17.7 Å². The van der Waals surface area contributed by atoms with Crippen LogP contribution in [0, 0.1) is 22.7 Å². The van der Waals surface area contributed by atoms with Crippen LogP contribution in [0.5, 0.6) is 0 Å². The number of carboxylic acids is 2. The number of hydrogen-bond acceptors (Lipinski definition) is 20. The Morgan fingerprint density at radius 2 is 0.768 bits per heavy atom. The van der Waals surface area contributed by atoms with E-state index in [9.17, 15) is 63.0 Å². The first-order chi connectivity index (χ1) is 52.8. The molecule has 6 aromatic rings. The molecule has 7 rings (SSSR count). The molecule has 0 heterocycles. The first-order valence-corrected chi connectivity index (χ1v) is 52.7. The molecule has 34 heteroatoms. The molecule has 6 aromatic carbocycles. The van der Waals surface area contributed by atoms with Crippen LogP contribution in [0.15, 0.2) is 170 Å². The van der Waals surface area contributed by atoms with E-state index in [2.05, 4.69) is 113 Å². The van der Waals surface area contributed by atoms with Gasteiger partial charge in [0.1, 0.15) is 30.1 Å². The van der Waals surface area contributed by atoms with Gasteiger partial charge in [-0.05, 0) is 166 Å². The number of esters is 3. The summed E-state index contributed by atoms with van der Waals surface area (Å²) in [6.45, 7) is 12.3. The van der Waals surface area contributed by atoms with Gasteiger partial charge >= 0.3 is 98.6 Å². The summed E-state index contributed by atoms with van der Waals surface area (Å²) < 4.78 is 46.4.